The van der Waals surface area contributed by atoms with Crippen molar-refractivity contribution in [3.8, 4) is 0 Å². The molecule has 0 atom stereocenters. The Bertz CT molecular complexity index is 642. The van der Waals surface area contributed by atoms with Crippen molar-refractivity contribution < 1.29 is 9.31 Å². The van der Waals surface area contributed by atoms with Crippen LogP contribution < -0.4 is 10.6 Å². The van der Waals surface area contributed by atoms with E-state index < -0.39 is 10.7 Å². The van der Waals surface area contributed by atoms with Crippen molar-refractivity contribution >= 4 is 23.1 Å². The highest BCUT2D eigenvalue weighted by molar-refractivity contribution is 5.68. The molecule has 8 heteroatoms. The number of nitrogens with zero attached hydrogens (tertiary/aromatic N) is 3. The molecule has 0 unspecified atom stereocenters. The van der Waals surface area contributed by atoms with Crippen LogP contribution in [0.4, 0.5) is 27.5 Å². The molecular formula is C12H12FN5O2. The Kier molecular flexibility index (Phi) is 3.74. The maximum Gasteiger partial charge on any atom is 0.329 e. The van der Waals surface area contributed by atoms with Gasteiger partial charge >= 0.3 is 5.69 Å². The number of aromatic nitrogens is 2. The van der Waals surface area contributed by atoms with Crippen molar-refractivity contribution in [3.63, 3.8) is 0 Å². The predicted molar refractivity (Wildman–Crippen MR) is 72.7 cm³/mol. The minimum atomic E-state index is -0.627. The summed E-state index contributed by atoms with van der Waals surface area (Å²) in [7, 11) is 1.58. The highest BCUT2D eigenvalue weighted by atomic mass is 19.1. The molecule has 2 aromatic rings. The van der Waals surface area contributed by atoms with Crippen LogP contribution in [0, 0.1) is 22.9 Å². The maximum absolute atomic E-state index is 13.8. The lowest BCUT2D eigenvalue weighted by molar-refractivity contribution is -0.384. The Morgan fingerprint density at radius 2 is 2.15 bits per heavy atom. The van der Waals surface area contributed by atoms with Gasteiger partial charge in [0.1, 0.15) is 12.0 Å². The quantitative estimate of drug-likeness (QED) is 0.659. The van der Waals surface area contributed by atoms with E-state index >= 15 is 0 Å². The Balaban J connectivity index is 2.49. The minimum absolute atomic E-state index is 0.0671. The summed E-state index contributed by atoms with van der Waals surface area (Å²) in [6, 6.07) is 4.52. The Morgan fingerprint density at radius 1 is 1.40 bits per heavy atom. The van der Waals surface area contributed by atoms with Crippen LogP contribution >= 0.6 is 0 Å². The molecule has 1 aromatic carbocycles. The first kappa shape index (κ1) is 13.7. The molecule has 20 heavy (non-hydrogen) atoms. The molecule has 0 bridgehead atoms. The molecule has 1 aromatic heterocycles. The molecule has 1 heterocycles. The first-order valence-electron chi connectivity index (χ1n) is 5.74. The third-order valence-corrected chi connectivity index (χ3v) is 2.66. The SMILES string of the molecule is CNc1ncc([N+](=O)[O-])c(Nc2c(C)cccc2F)n1. The predicted octanol–water partition coefficient (Wildman–Crippen LogP) is 2.62. The molecule has 0 amide bonds. The van der Waals surface area contributed by atoms with E-state index in [0.29, 0.717) is 5.56 Å². The van der Waals surface area contributed by atoms with Crippen molar-refractivity contribution in [3.05, 3.63) is 45.9 Å². The molecule has 0 aliphatic rings. The summed E-state index contributed by atoms with van der Waals surface area (Å²) in [5.74, 6) is -0.376. The number of aryl methyl sites for hydroxylation is 1. The topological polar surface area (TPSA) is 93.0 Å². The van der Waals surface area contributed by atoms with E-state index in [0.717, 1.165) is 6.20 Å². The Hall–Kier alpha value is -2.77. The van der Waals surface area contributed by atoms with Gasteiger partial charge in [-0.25, -0.2) is 9.37 Å². The fraction of sp³-hybridized carbons (Fsp3) is 0.167. The van der Waals surface area contributed by atoms with E-state index in [2.05, 4.69) is 20.6 Å². The molecule has 0 saturated heterocycles. The molecule has 0 fully saturated rings. The van der Waals surface area contributed by atoms with Crippen molar-refractivity contribution in [2.75, 3.05) is 17.7 Å². The molecule has 2 rings (SSSR count). The van der Waals surface area contributed by atoms with Crippen LogP contribution in [0.3, 0.4) is 0 Å². The van der Waals surface area contributed by atoms with Crippen LogP contribution in [0.2, 0.25) is 0 Å². The lowest BCUT2D eigenvalue weighted by Gasteiger charge is -2.10. The van der Waals surface area contributed by atoms with Crippen LogP contribution in [0.15, 0.2) is 24.4 Å². The summed E-state index contributed by atoms with van der Waals surface area (Å²) in [6.07, 6.45) is 1.07. The zero-order chi connectivity index (χ0) is 14.7. The Labute approximate surface area is 114 Å². The Morgan fingerprint density at radius 3 is 2.75 bits per heavy atom. The summed E-state index contributed by atoms with van der Waals surface area (Å²) in [5.41, 5.74) is 0.437. The van der Waals surface area contributed by atoms with E-state index in [1.54, 1.807) is 26.1 Å². The summed E-state index contributed by atoms with van der Waals surface area (Å²) < 4.78 is 13.8. The van der Waals surface area contributed by atoms with Gasteiger partial charge in [0.2, 0.25) is 11.8 Å². The van der Waals surface area contributed by atoms with E-state index in [-0.39, 0.29) is 23.1 Å². The van der Waals surface area contributed by atoms with Crippen LogP contribution in [0.25, 0.3) is 0 Å². The monoisotopic (exact) mass is 277 g/mol. The molecule has 0 saturated carbocycles. The van der Waals surface area contributed by atoms with Gasteiger partial charge in [0.15, 0.2) is 0 Å². The van der Waals surface area contributed by atoms with Crippen LogP contribution in [0.5, 0.6) is 0 Å². The molecule has 0 spiro atoms. The normalized spacial score (nSPS) is 10.2. The zero-order valence-corrected chi connectivity index (χ0v) is 10.8. The van der Waals surface area contributed by atoms with Gasteiger partial charge < -0.3 is 10.6 Å². The highest BCUT2D eigenvalue weighted by Gasteiger charge is 2.19. The summed E-state index contributed by atoms with van der Waals surface area (Å²) >= 11 is 0. The molecule has 0 radical (unpaired) electrons. The largest absolute Gasteiger partial charge is 0.357 e. The summed E-state index contributed by atoms with van der Waals surface area (Å²) in [4.78, 5) is 18.0. The molecule has 7 nitrogen and oxygen atoms in total. The smallest absolute Gasteiger partial charge is 0.329 e. The minimum Gasteiger partial charge on any atom is -0.357 e. The fourth-order valence-corrected chi connectivity index (χ4v) is 1.63. The summed E-state index contributed by atoms with van der Waals surface area (Å²) in [6.45, 7) is 1.69. The number of hydrogen-bond donors (Lipinski definition) is 2. The van der Waals surface area contributed by atoms with E-state index in [4.69, 9.17) is 0 Å². The van der Waals surface area contributed by atoms with Gasteiger partial charge in [-0.05, 0) is 18.6 Å². The first-order chi connectivity index (χ1) is 9.52. The standard InChI is InChI=1S/C12H12FN5O2/c1-7-4-3-5-8(13)10(7)16-11-9(18(19)20)6-15-12(14-2)17-11/h3-6H,1-2H3,(H2,14,15,16,17). The number of benzene rings is 1. The third-order valence-electron chi connectivity index (χ3n) is 2.66. The first-order valence-corrected chi connectivity index (χ1v) is 5.74. The highest BCUT2D eigenvalue weighted by Crippen LogP contribution is 2.28. The molecule has 0 aliphatic carbocycles. The maximum atomic E-state index is 13.8. The van der Waals surface area contributed by atoms with Crippen LogP contribution in [-0.4, -0.2) is 21.9 Å². The number of nitro groups is 1. The number of rotatable bonds is 4. The van der Waals surface area contributed by atoms with Gasteiger partial charge in [-0.1, -0.05) is 12.1 Å². The summed E-state index contributed by atoms with van der Waals surface area (Å²) in [5, 5.41) is 16.3. The lowest BCUT2D eigenvalue weighted by Crippen LogP contribution is -2.06. The van der Waals surface area contributed by atoms with Crippen LogP contribution in [0.1, 0.15) is 5.56 Å². The van der Waals surface area contributed by atoms with Crippen molar-refractivity contribution in [2.24, 2.45) is 0 Å². The number of para-hydroxylation sites is 1. The van der Waals surface area contributed by atoms with Gasteiger partial charge in [0.05, 0.1) is 10.6 Å². The second-order valence-electron chi connectivity index (χ2n) is 3.99. The number of halogens is 1. The third kappa shape index (κ3) is 2.63. The van der Waals surface area contributed by atoms with Crippen molar-refractivity contribution in [2.45, 2.75) is 6.92 Å². The molecule has 104 valence electrons. The van der Waals surface area contributed by atoms with Crippen LogP contribution in [-0.2, 0) is 0 Å². The number of nitrogens with one attached hydrogen (secondary N) is 2. The van der Waals surface area contributed by atoms with Gasteiger partial charge in [-0.3, -0.25) is 10.1 Å². The second-order valence-corrected chi connectivity index (χ2v) is 3.99. The molecular weight excluding hydrogens is 265 g/mol. The van der Waals surface area contributed by atoms with Gasteiger partial charge in [-0.15, -0.1) is 0 Å². The van der Waals surface area contributed by atoms with Gasteiger partial charge in [-0.2, -0.15) is 4.98 Å². The molecule has 2 N–H and O–H groups in total. The van der Waals surface area contributed by atoms with Crippen molar-refractivity contribution in [1.82, 2.24) is 9.97 Å². The zero-order valence-electron chi connectivity index (χ0n) is 10.8. The molecule has 0 aliphatic heterocycles. The average Bonchev–Trinajstić information content (AvgIpc) is 2.42. The second kappa shape index (κ2) is 5.47. The van der Waals surface area contributed by atoms with E-state index in [1.807, 2.05) is 0 Å². The van der Waals surface area contributed by atoms with Crippen molar-refractivity contribution in [1.29, 1.82) is 0 Å². The lowest BCUT2D eigenvalue weighted by atomic mass is 10.2. The average molecular weight is 277 g/mol. The van der Waals surface area contributed by atoms with E-state index in [9.17, 15) is 14.5 Å². The number of hydrogen-bond acceptors (Lipinski definition) is 6. The van der Waals surface area contributed by atoms with Gasteiger partial charge in [0.25, 0.3) is 0 Å². The van der Waals surface area contributed by atoms with Gasteiger partial charge in [0, 0.05) is 7.05 Å². The number of anilines is 3. The fourth-order valence-electron chi connectivity index (χ4n) is 1.63. The van der Waals surface area contributed by atoms with E-state index in [1.165, 1.54) is 6.07 Å².